The van der Waals surface area contributed by atoms with E-state index in [1.165, 1.54) is 4.90 Å². The van der Waals surface area contributed by atoms with Crippen LogP contribution in [0.15, 0.2) is 18.2 Å². The second-order valence-corrected chi connectivity index (χ2v) is 3.90. The molecule has 1 rings (SSSR count). The van der Waals surface area contributed by atoms with E-state index in [0.717, 1.165) is 5.56 Å². The van der Waals surface area contributed by atoms with E-state index in [1.807, 2.05) is 26.0 Å². The number of anilines is 1. The zero-order chi connectivity index (χ0) is 13.0. The van der Waals surface area contributed by atoms with Crippen LogP contribution in [0.3, 0.4) is 0 Å². The number of hydrogen-bond donors (Lipinski definition) is 3. The minimum atomic E-state index is -0.462. The van der Waals surface area contributed by atoms with Crippen molar-refractivity contribution in [2.24, 2.45) is 5.73 Å². The number of guanidine groups is 1. The number of nitrogens with two attached hydrogens (primary N) is 1. The van der Waals surface area contributed by atoms with Crippen molar-refractivity contribution in [3.8, 4) is 0 Å². The predicted molar refractivity (Wildman–Crippen MR) is 69.7 cm³/mol. The number of benzene rings is 1. The summed E-state index contributed by atoms with van der Waals surface area (Å²) in [5.74, 6) is -0.391. The van der Waals surface area contributed by atoms with Crippen molar-refractivity contribution in [3.05, 3.63) is 28.8 Å². The van der Waals surface area contributed by atoms with Gasteiger partial charge in [0.25, 0.3) is 0 Å². The van der Waals surface area contributed by atoms with Crippen molar-refractivity contribution in [1.29, 1.82) is 5.41 Å². The molecule has 0 aromatic heterocycles. The highest BCUT2D eigenvalue weighted by atomic mass is 35.5. The maximum Gasteiger partial charge on any atom is 0.328 e. The standard InChI is InChI=1S/C11H15ClN4O/c1-3-16(11(17)15-10(13)14)9-7(2)5-4-6-8(9)12/h4-6H,3H2,1-2H3,(H4,13,14,15,17). The number of hydrogen-bond acceptors (Lipinski definition) is 2. The topological polar surface area (TPSA) is 82.2 Å². The minimum Gasteiger partial charge on any atom is -0.370 e. The molecule has 0 aliphatic rings. The lowest BCUT2D eigenvalue weighted by Crippen LogP contribution is -2.45. The van der Waals surface area contributed by atoms with E-state index in [-0.39, 0.29) is 0 Å². The first-order valence-corrected chi connectivity index (χ1v) is 5.52. The number of para-hydroxylation sites is 1. The molecule has 92 valence electrons. The minimum absolute atomic E-state index is 0.391. The largest absolute Gasteiger partial charge is 0.370 e. The molecule has 0 saturated heterocycles. The Morgan fingerprint density at radius 3 is 2.71 bits per heavy atom. The van der Waals surface area contributed by atoms with Gasteiger partial charge in [-0.15, -0.1) is 0 Å². The highest BCUT2D eigenvalue weighted by molar-refractivity contribution is 6.34. The lowest BCUT2D eigenvalue weighted by atomic mass is 10.2. The summed E-state index contributed by atoms with van der Waals surface area (Å²) in [6, 6.07) is 4.94. The third kappa shape index (κ3) is 3.10. The van der Waals surface area contributed by atoms with Gasteiger partial charge in [0.15, 0.2) is 5.96 Å². The number of aryl methyl sites for hydroxylation is 1. The van der Waals surface area contributed by atoms with E-state index in [9.17, 15) is 4.79 Å². The number of nitrogens with zero attached hydrogens (tertiary/aromatic N) is 1. The Labute approximate surface area is 105 Å². The normalized spacial score (nSPS) is 9.82. The Kier molecular flexibility index (Phi) is 4.34. The first kappa shape index (κ1) is 13.3. The SMILES string of the molecule is CCN(C(=O)NC(=N)N)c1c(C)cccc1Cl. The van der Waals surface area contributed by atoms with Gasteiger partial charge in [0, 0.05) is 6.54 Å². The summed E-state index contributed by atoms with van der Waals surface area (Å²) in [5, 5.41) is 9.78. The van der Waals surface area contributed by atoms with Crippen molar-refractivity contribution in [2.75, 3.05) is 11.4 Å². The summed E-state index contributed by atoms with van der Waals surface area (Å²) in [4.78, 5) is 13.3. The Balaban J connectivity index is 3.09. The average molecular weight is 255 g/mol. The highest BCUT2D eigenvalue weighted by Crippen LogP contribution is 2.29. The molecule has 4 N–H and O–H groups in total. The molecule has 0 saturated carbocycles. The van der Waals surface area contributed by atoms with Crippen LogP contribution in [0.5, 0.6) is 0 Å². The van der Waals surface area contributed by atoms with Crippen molar-refractivity contribution >= 4 is 29.3 Å². The fraction of sp³-hybridized carbons (Fsp3) is 0.273. The Morgan fingerprint density at radius 2 is 2.24 bits per heavy atom. The molecule has 0 bridgehead atoms. The van der Waals surface area contributed by atoms with Gasteiger partial charge in [-0.05, 0) is 25.5 Å². The molecule has 2 amide bonds. The van der Waals surface area contributed by atoms with E-state index in [0.29, 0.717) is 17.3 Å². The fourth-order valence-corrected chi connectivity index (χ4v) is 1.87. The van der Waals surface area contributed by atoms with Gasteiger partial charge < -0.3 is 5.73 Å². The Bertz CT molecular complexity index is 427. The quantitative estimate of drug-likeness (QED) is 0.558. The average Bonchev–Trinajstić information content (AvgIpc) is 2.22. The molecule has 0 heterocycles. The summed E-state index contributed by atoms with van der Waals surface area (Å²) in [5.41, 5.74) is 6.65. The van der Waals surface area contributed by atoms with Gasteiger partial charge in [0.2, 0.25) is 0 Å². The molecule has 17 heavy (non-hydrogen) atoms. The van der Waals surface area contributed by atoms with E-state index in [4.69, 9.17) is 22.7 Å². The summed E-state index contributed by atoms with van der Waals surface area (Å²) < 4.78 is 0. The van der Waals surface area contributed by atoms with Crippen LogP contribution in [-0.4, -0.2) is 18.5 Å². The maximum atomic E-state index is 11.8. The lowest BCUT2D eigenvalue weighted by Gasteiger charge is -2.23. The van der Waals surface area contributed by atoms with Crippen LogP contribution < -0.4 is 16.0 Å². The van der Waals surface area contributed by atoms with Gasteiger partial charge in [-0.3, -0.25) is 15.6 Å². The van der Waals surface area contributed by atoms with Crippen LogP contribution in [0, 0.1) is 12.3 Å². The van der Waals surface area contributed by atoms with Crippen molar-refractivity contribution < 1.29 is 4.79 Å². The lowest BCUT2D eigenvalue weighted by molar-refractivity contribution is 0.250. The molecule has 0 spiro atoms. The summed E-state index contributed by atoms with van der Waals surface area (Å²) >= 11 is 6.08. The van der Waals surface area contributed by atoms with Gasteiger partial charge in [-0.1, -0.05) is 23.7 Å². The van der Waals surface area contributed by atoms with Crippen molar-refractivity contribution in [2.45, 2.75) is 13.8 Å². The number of nitrogens with one attached hydrogen (secondary N) is 2. The van der Waals surface area contributed by atoms with Crippen LogP contribution in [0.1, 0.15) is 12.5 Å². The van der Waals surface area contributed by atoms with E-state index >= 15 is 0 Å². The smallest absolute Gasteiger partial charge is 0.328 e. The number of amides is 2. The molecule has 0 fully saturated rings. The molecule has 1 aromatic rings. The monoisotopic (exact) mass is 254 g/mol. The number of rotatable bonds is 2. The molecule has 0 atom stereocenters. The number of carbonyl (C=O) groups excluding carboxylic acids is 1. The number of urea groups is 1. The van der Waals surface area contributed by atoms with Gasteiger partial charge in [-0.25, -0.2) is 4.79 Å². The third-order valence-corrected chi connectivity index (χ3v) is 2.57. The molecule has 0 unspecified atom stereocenters. The second-order valence-electron chi connectivity index (χ2n) is 3.49. The summed E-state index contributed by atoms with van der Waals surface area (Å²) in [6.45, 7) is 4.12. The Morgan fingerprint density at radius 1 is 1.59 bits per heavy atom. The fourth-order valence-electron chi connectivity index (χ4n) is 1.55. The molecular weight excluding hydrogens is 240 g/mol. The summed E-state index contributed by atoms with van der Waals surface area (Å²) in [6.07, 6.45) is 0. The maximum absolute atomic E-state index is 11.8. The number of halogens is 1. The highest BCUT2D eigenvalue weighted by Gasteiger charge is 2.18. The van der Waals surface area contributed by atoms with Gasteiger partial charge >= 0.3 is 6.03 Å². The van der Waals surface area contributed by atoms with Crippen LogP contribution in [0.25, 0.3) is 0 Å². The van der Waals surface area contributed by atoms with Crippen LogP contribution in [0.2, 0.25) is 5.02 Å². The van der Waals surface area contributed by atoms with Crippen LogP contribution in [-0.2, 0) is 0 Å². The van der Waals surface area contributed by atoms with Crippen molar-refractivity contribution in [1.82, 2.24) is 5.32 Å². The Hall–Kier alpha value is -1.75. The zero-order valence-electron chi connectivity index (χ0n) is 9.75. The van der Waals surface area contributed by atoms with E-state index in [2.05, 4.69) is 5.32 Å². The van der Waals surface area contributed by atoms with Crippen LogP contribution >= 0.6 is 11.6 Å². The molecule has 1 aromatic carbocycles. The zero-order valence-corrected chi connectivity index (χ0v) is 10.5. The first-order valence-electron chi connectivity index (χ1n) is 5.15. The van der Waals surface area contributed by atoms with Gasteiger partial charge in [0.05, 0.1) is 10.7 Å². The molecule has 5 nitrogen and oxygen atoms in total. The second kappa shape index (κ2) is 5.54. The molecule has 6 heteroatoms. The van der Waals surface area contributed by atoms with Gasteiger partial charge in [0.1, 0.15) is 0 Å². The van der Waals surface area contributed by atoms with Gasteiger partial charge in [-0.2, -0.15) is 0 Å². The third-order valence-electron chi connectivity index (χ3n) is 2.26. The molecule has 0 aliphatic carbocycles. The molecular formula is C11H15ClN4O. The van der Waals surface area contributed by atoms with E-state index in [1.54, 1.807) is 6.07 Å². The van der Waals surface area contributed by atoms with E-state index < -0.39 is 12.0 Å². The van der Waals surface area contributed by atoms with Crippen LogP contribution in [0.4, 0.5) is 10.5 Å². The molecule has 0 radical (unpaired) electrons. The summed E-state index contributed by atoms with van der Waals surface area (Å²) in [7, 11) is 0. The number of carbonyl (C=O) groups is 1. The predicted octanol–water partition coefficient (Wildman–Crippen LogP) is 2.08. The first-order chi connectivity index (χ1) is 7.97. The molecule has 0 aliphatic heterocycles. The van der Waals surface area contributed by atoms with Crippen molar-refractivity contribution in [3.63, 3.8) is 0 Å².